The van der Waals surface area contributed by atoms with Crippen molar-refractivity contribution in [2.45, 2.75) is 24.0 Å². The second kappa shape index (κ2) is 11.4. The number of hydrogen-bond donors (Lipinski definition) is 2. The Bertz CT molecular complexity index is 1650. The van der Waals surface area contributed by atoms with Crippen LogP contribution in [0.5, 0.6) is 5.75 Å². The van der Waals surface area contributed by atoms with Crippen LogP contribution in [-0.2, 0) is 14.8 Å². The molecule has 0 fully saturated rings. The quantitative estimate of drug-likeness (QED) is 0.306. The molecular formula is C30H26ClN3O5S. The lowest BCUT2D eigenvalue weighted by Gasteiger charge is -2.34. The van der Waals surface area contributed by atoms with E-state index in [2.05, 4.69) is 10.6 Å². The number of rotatable bonds is 7. The molecule has 4 aromatic rings. The average molecular weight is 576 g/mol. The zero-order valence-corrected chi connectivity index (χ0v) is 23.0. The lowest BCUT2D eigenvalue weighted by Crippen LogP contribution is -2.49. The van der Waals surface area contributed by atoms with Crippen molar-refractivity contribution in [1.29, 1.82) is 0 Å². The summed E-state index contributed by atoms with van der Waals surface area (Å²) in [6.45, 7) is 1.60. The summed E-state index contributed by atoms with van der Waals surface area (Å²) >= 11 is 5.95. The van der Waals surface area contributed by atoms with E-state index in [-0.39, 0.29) is 40.4 Å². The lowest BCUT2D eigenvalue weighted by atomic mass is 10.1. The molecule has 1 aliphatic rings. The Labute approximate surface area is 237 Å². The normalized spacial score (nSPS) is 15.3. The van der Waals surface area contributed by atoms with Gasteiger partial charge in [0.1, 0.15) is 5.75 Å². The van der Waals surface area contributed by atoms with E-state index in [0.717, 1.165) is 9.87 Å². The highest BCUT2D eigenvalue weighted by Gasteiger charge is 2.37. The Morgan fingerprint density at radius 1 is 0.900 bits per heavy atom. The first-order valence-electron chi connectivity index (χ1n) is 12.5. The molecule has 1 aliphatic heterocycles. The number of carbonyl (C=O) groups excluding carboxylic acids is 2. The fraction of sp³-hybridized carbons (Fsp3) is 0.133. The van der Waals surface area contributed by atoms with E-state index in [1.807, 2.05) is 37.3 Å². The van der Waals surface area contributed by atoms with Crippen molar-refractivity contribution in [1.82, 2.24) is 5.32 Å². The highest BCUT2D eigenvalue weighted by molar-refractivity contribution is 7.92. The first-order valence-corrected chi connectivity index (χ1v) is 14.4. The zero-order chi connectivity index (χ0) is 28.3. The van der Waals surface area contributed by atoms with Crippen molar-refractivity contribution >= 4 is 44.8 Å². The molecule has 1 heterocycles. The van der Waals surface area contributed by atoms with Gasteiger partial charge in [-0.25, -0.2) is 8.42 Å². The summed E-state index contributed by atoms with van der Waals surface area (Å²) in [7, 11) is -4.04. The Morgan fingerprint density at radius 3 is 2.30 bits per heavy atom. The molecule has 10 heteroatoms. The number of halogens is 1. The third kappa shape index (κ3) is 5.66. The van der Waals surface area contributed by atoms with Gasteiger partial charge in [-0.1, -0.05) is 66.2 Å². The number of ether oxygens (including phenoxy) is 1. The van der Waals surface area contributed by atoms with Crippen LogP contribution in [0.15, 0.2) is 108 Å². The fourth-order valence-corrected chi connectivity index (χ4v) is 6.00. The molecular weight excluding hydrogens is 550 g/mol. The summed E-state index contributed by atoms with van der Waals surface area (Å²) in [6, 6.07) is 28.3. The van der Waals surface area contributed by atoms with E-state index < -0.39 is 22.0 Å². The number of nitrogens with one attached hydrogen (secondary N) is 2. The van der Waals surface area contributed by atoms with Gasteiger partial charge < -0.3 is 15.4 Å². The molecule has 4 aromatic carbocycles. The number of carbonyl (C=O) groups is 2. The molecule has 2 atom stereocenters. The third-order valence-corrected chi connectivity index (χ3v) is 8.55. The molecule has 0 aromatic heterocycles. The van der Waals surface area contributed by atoms with Crippen molar-refractivity contribution in [2.24, 2.45) is 0 Å². The maximum absolute atomic E-state index is 13.6. The monoisotopic (exact) mass is 575 g/mol. The van der Waals surface area contributed by atoms with E-state index in [1.54, 1.807) is 48.5 Å². The van der Waals surface area contributed by atoms with Gasteiger partial charge in [-0.05, 0) is 61.0 Å². The fourth-order valence-electron chi connectivity index (χ4n) is 4.40. The molecule has 2 amide bonds. The van der Waals surface area contributed by atoms with Crippen LogP contribution in [-0.4, -0.2) is 32.9 Å². The SMILES string of the molecule is CC(NC(=O)c1ccccc1NC(=O)C1CN(S(=O)(=O)c2ccc(Cl)cc2)c2ccccc2O1)c1ccccc1. The Kier molecular flexibility index (Phi) is 7.77. The Balaban J connectivity index is 1.38. The first kappa shape index (κ1) is 27.2. The van der Waals surface area contributed by atoms with Crippen LogP contribution in [0.2, 0.25) is 5.02 Å². The summed E-state index contributed by atoms with van der Waals surface area (Å²) in [4.78, 5) is 26.6. The summed E-state index contributed by atoms with van der Waals surface area (Å²) in [5.41, 5.74) is 1.80. The molecule has 5 rings (SSSR count). The molecule has 2 unspecified atom stereocenters. The molecule has 0 aliphatic carbocycles. The third-order valence-electron chi connectivity index (χ3n) is 6.51. The maximum Gasteiger partial charge on any atom is 0.267 e. The Morgan fingerprint density at radius 2 is 1.55 bits per heavy atom. The standard InChI is InChI=1S/C30H26ClN3O5S/c1-20(21-9-3-2-4-10-21)32-29(35)24-11-5-6-12-25(24)33-30(36)28-19-34(26-13-7-8-14-27(26)39-28)40(37,38)23-17-15-22(31)16-18-23/h2-18,20,28H,19H2,1H3,(H,32,35)(H,33,36). The van der Waals surface area contributed by atoms with Gasteiger partial charge in [-0.2, -0.15) is 0 Å². The van der Waals surface area contributed by atoms with Crippen LogP contribution in [0, 0.1) is 0 Å². The Hall–Kier alpha value is -4.34. The number of para-hydroxylation sites is 3. The number of fused-ring (bicyclic) bond motifs is 1. The van der Waals surface area contributed by atoms with E-state index in [0.29, 0.717) is 10.7 Å². The minimum Gasteiger partial charge on any atom is -0.476 e. The molecule has 0 radical (unpaired) electrons. The van der Waals surface area contributed by atoms with Crippen molar-refractivity contribution in [2.75, 3.05) is 16.2 Å². The number of anilines is 2. The van der Waals surface area contributed by atoms with Gasteiger partial charge in [0.25, 0.3) is 21.8 Å². The van der Waals surface area contributed by atoms with Crippen LogP contribution in [0.4, 0.5) is 11.4 Å². The van der Waals surface area contributed by atoms with E-state index >= 15 is 0 Å². The molecule has 8 nitrogen and oxygen atoms in total. The molecule has 0 bridgehead atoms. The van der Waals surface area contributed by atoms with Crippen molar-refractivity contribution in [3.8, 4) is 5.75 Å². The summed E-state index contributed by atoms with van der Waals surface area (Å²) < 4.78 is 34.3. The second-order valence-corrected chi connectivity index (χ2v) is 11.5. The predicted octanol–water partition coefficient (Wildman–Crippen LogP) is 5.43. The van der Waals surface area contributed by atoms with Gasteiger partial charge in [0.2, 0.25) is 0 Å². The molecule has 0 saturated carbocycles. The largest absolute Gasteiger partial charge is 0.476 e. The highest BCUT2D eigenvalue weighted by Crippen LogP contribution is 2.37. The minimum absolute atomic E-state index is 0.0299. The smallest absolute Gasteiger partial charge is 0.267 e. The van der Waals surface area contributed by atoms with Crippen LogP contribution in [0.3, 0.4) is 0 Å². The van der Waals surface area contributed by atoms with Gasteiger partial charge in [0, 0.05) is 5.02 Å². The van der Waals surface area contributed by atoms with Gasteiger partial charge in [-0.3, -0.25) is 13.9 Å². The average Bonchev–Trinajstić information content (AvgIpc) is 2.97. The van der Waals surface area contributed by atoms with Gasteiger partial charge in [0.05, 0.1) is 34.4 Å². The minimum atomic E-state index is -4.04. The van der Waals surface area contributed by atoms with E-state index in [4.69, 9.17) is 16.3 Å². The van der Waals surface area contributed by atoms with Crippen molar-refractivity contribution in [3.63, 3.8) is 0 Å². The van der Waals surface area contributed by atoms with Crippen molar-refractivity contribution < 1.29 is 22.7 Å². The van der Waals surface area contributed by atoms with Crippen LogP contribution >= 0.6 is 11.6 Å². The summed E-state index contributed by atoms with van der Waals surface area (Å²) in [5.74, 6) is -0.717. The number of benzene rings is 4. The van der Waals surface area contributed by atoms with Crippen molar-refractivity contribution in [3.05, 3.63) is 119 Å². The molecule has 0 saturated heterocycles. The molecule has 0 spiro atoms. The zero-order valence-electron chi connectivity index (χ0n) is 21.5. The summed E-state index contributed by atoms with van der Waals surface area (Å²) in [6.07, 6.45) is -1.18. The number of sulfonamides is 1. The highest BCUT2D eigenvalue weighted by atomic mass is 35.5. The van der Waals surface area contributed by atoms with Gasteiger partial charge >= 0.3 is 0 Å². The van der Waals surface area contributed by atoms with Crippen LogP contribution < -0.4 is 19.7 Å². The molecule has 2 N–H and O–H groups in total. The number of nitrogens with zero attached hydrogens (tertiary/aromatic N) is 1. The second-order valence-electron chi connectivity index (χ2n) is 9.20. The lowest BCUT2D eigenvalue weighted by molar-refractivity contribution is -0.122. The van der Waals surface area contributed by atoms with Crippen LogP contribution in [0.1, 0.15) is 28.9 Å². The van der Waals surface area contributed by atoms with Gasteiger partial charge in [0.15, 0.2) is 6.10 Å². The molecule has 204 valence electrons. The molecule has 40 heavy (non-hydrogen) atoms. The van der Waals surface area contributed by atoms with E-state index in [1.165, 1.54) is 24.3 Å². The van der Waals surface area contributed by atoms with Gasteiger partial charge in [-0.15, -0.1) is 0 Å². The summed E-state index contributed by atoms with van der Waals surface area (Å²) in [5, 5.41) is 6.11. The predicted molar refractivity (Wildman–Crippen MR) is 154 cm³/mol. The maximum atomic E-state index is 13.6. The number of hydrogen-bond acceptors (Lipinski definition) is 5. The first-order chi connectivity index (χ1) is 19.2. The van der Waals surface area contributed by atoms with E-state index in [9.17, 15) is 18.0 Å². The van der Waals surface area contributed by atoms with Crippen LogP contribution in [0.25, 0.3) is 0 Å². The topological polar surface area (TPSA) is 105 Å². The number of amides is 2.